The van der Waals surface area contributed by atoms with Crippen molar-refractivity contribution in [1.29, 1.82) is 0 Å². The molecule has 0 unspecified atom stereocenters. The van der Waals surface area contributed by atoms with E-state index in [-0.39, 0.29) is 12.7 Å². The topological polar surface area (TPSA) is 47.9 Å². The maximum absolute atomic E-state index is 13.3. The second-order valence-electron chi connectivity index (χ2n) is 7.83. The van der Waals surface area contributed by atoms with E-state index in [1.165, 1.54) is 6.07 Å². The molecule has 0 amide bonds. The van der Waals surface area contributed by atoms with Gasteiger partial charge in [0.25, 0.3) is 0 Å². The molecule has 0 aliphatic carbocycles. The largest absolute Gasteiger partial charge is 0.416 e. The lowest BCUT2D eigenvalue weighted by Gasteiger charge is -2.13. The molecule has 0 fully saturated rings. The first-order chi connectivity index (χ1) is 15.2. The number of nitrogens with zero attached hydrogens (tertiary/aromatic N) is 3. The summed E-state index contributed by atoms with van der Waals surface area (Å²) in [5.74, 6) is 0.411. The molecular weight excluding hydrogens is 415 g/mol. The number of hydrogen-bond donors (Lipinski definition) is 0. The third-order valence-corrected chi connectivity index (χ3v) is 5.04. The molecule has 0 spiro atoms. The maximum atomic E-state index is 13.3. The summed E-state index contributed by atoms with van der Waals surface area (Å²) < 4.78 is 45.6. The van der Waals surface area contributed by atoms with Crippen molar-refractivity contribution in [3.05, 3.63) is 77.7 Å². The van der Waals surface area contributed by atoms with Crippen LogP contribution in [0.3, 0.4) is 0 Å². The summed E-state index contributed by atoms with van der Waals surface area (Å²) in [6.45, 7) is 5.93. The smallest absolute Gasteiger partial charge is 0.371 e. The summed E-state index contributed by atoms with van der Waals surface area (Å²) in [5, 5.41) is 0.662. The van der Waals surface area contributed by atoms with E-state index in [4.69, 9.17) is 4.74 Å². The Morgan fingerprint density at radius 2 is 1.69 bits per heavy atom. The highest BCUT2D eigenvalue weighted by Crippen LogP contribution is 2.34. The second-order valence-corrected chi connectivity index (χ2v) is 7.83. The van der Waals surface area contributed by atoms with Crippen molar-refractivity contribution >= 4 is 10.9 Å². The van der Waals surface area contributed by atoms with Crippen LogP contribution in [0.5, 0.6) is 0 Å². The van der Waals surface area contributed by atoms with Gasteiger partial charge in [-0.2, -0.15) is 13.2 Å². The van der Waals surface area contributed by atoms with E-state index in [0.717, 1.165) is 29.0 Å². The third-order valence-electron chi connectivity index (χ3n) is 5.04. The van der Waals surface area contributed by atoms with Gasteiger partial charge in [0, 0.05) is 22.7 Å². The Bertz CT molecular complexity index is 1270. The summed E-state index contributed by atoms with van der Waals surface area (Å²) in [7, 11) is 0. The molecule has 0 saturated heterocycles. The van der Waals surface area contributed by atoms with Gasteiger partial charge in [-0.1, -0.05) is 24.3 Å². The van der Waals surface area contributed by atoms with Crippen LogP contribution in [-0.2, 0) is 17.5 Å². The van der Waals surface area contributed by atoms with Crippen molar-refractivity contribution in [3.63, 3.8) is 0 Å². The van der Waals surface area contributed by atoms with Gasteiger partial charge < -0.3 is 4.74 Å². The van der Waals surface area contributed by atoms with Crippen LogP contribution in [0.25, 0.3) is 33.4 Å². The lowest BCUT2D eigenvalue weighted by Crippen LogP contribution is -2.07. The molecule has 4 nitrogen and oxygen atoms in total. The highest BCUT2D eigenvalue weighted by molar-refractivity contribution is 5.94. The van der Waals surface area contributed by atoms with Crippen LogP contribution < -0.4 is 0 Å². The predicted octanol–water partition coefficient (Wildman–Crippen LogP) is 6.61. The molecule has 2 aromatic carbocycles. The number of pyridine rings is 1. The van der Waals surface area contributed by atoms with Gasteiger partial charge in [0.2, 0.25) is 0 Å². The Labute approximate surface area is 184 Å². The fraction of sp³-hybridized carbons (Fsp3) is 0.240. The molecule has 0 saturated carbocycles. The number of aromatic nitrogens is 3. The standard InChI is InChI=1S/C25H22F3N3O/c1-15(2)32-14-22-30-21-13-18(23-16(3)6-5-11-29-23)9-10-20(21)24(31-22)17-7-4-8-19(12-17)25(26,27)28/h4-13,15H,14H2,1-3H3. The first-order valence-corrected chi connectivity index (χ1v) is 10.2. The van der Waals surface area contributed by atoms with Crippen molar-refractivity contribution in [1.82, 2.24) is 15.0 Å². The minimum absolute atomic E-state index is 0.0335. The van der Waals surface area contributed by atoms with Crippen molar-refractivity contribution in [2.45, 2.75) is 39.7 Å². The molecule has 7 heteroatoms. The van der Waals surface area contributed by atoms with Crippen LogP contribution in [0.15, 0.2) is 60.8 Å². The molecular formula is C25H22F3N3O. The van der Waals surface area contributed by atoms with Gasteiger partial charge in [-0.3, -0.25) is 4.98 Å². The zero-order valence-corrected chi connectivity index (χ0v) is 17.9. The van der Waals surface area contributed by atoms with Crippen LogP contribution in [0.2, 0.25) is 0 Å². The lowest BCUT2D eigenvalue weighted by molar-refractivity contribution is -0.137. The quantitative estimate of drug-likeness (QED) is 0.352. The van der Waals surface area contributed by atoms with Gasteiger partial charge in [0.1, 0.15) is 6.61 Å². The van der Waals surface area contributed by atoms with Crippen LogP contribution in [0, 0.1) is 6.92 Å². The first-order valence-electron chi connectivity index (χ1n) is 10.2. The summed E-state index contributed by atoms with van der Waals surface area (Å²) in [6.07, 6.45) is -2.75. The molecule has 4 aromatic rings. The number of halogens is 3. The minimum Gasteiger partial charge on any atom is -0.371 e. The monoisotopic (exact) mass is 437 g/mol. The molecule has 0 N–H and O–H groups in total. The third kappa shape index (κ3) is 4.62. The van der Waals surface area contributed by atoms with Gasteiger partial charge in [-0.05, 0) is 56.7 Å². The highest BCUT2D eigenvalue weighted by Gasteiger charge is 2.30. The Kier molecular flexibility index (Phi) is 5.93. The number of aryl methyl sites for hydroxylation is 1. The van der Waals surface area contributed by atoms with Gasteiger partial charge >= 0.3 is 6.18 Å². The van der Waals surface area contributed by atoms with Crippen LogP contribution in [-0.4, -0.2) is 21.1 Å². The predicted molar refractivity (Wildman–Crippen MR) is 118 cm³/mol. The van der Waals surface area contributed by atoms with E-state index in [1.807, 2.05) is 51.1 Å². The summed E-state index contributed by atoms with van der Waals surface area (Å²) in [5.41, 5.74) is 3.43. The number of fused-ring (bicyclic) bond motifs is 1. The van der Waals surface area contributed by atoms with Crippen LogP contribution in [0.4, 0.5) is 13.2 Å². The zero-order chi connectivity index (χ0) is 22.9. The summed E-state index contributed by atoms with van der Waals surface area (Å²) >= 11 is 0. The molecule has 0 radical (unpaired) electrons. The summed E-state index contributed by atoms with van der Waals surface area (Å²) in [6, 6.07) is 14.6. The summed E-state index contributed by atoms with van der Waals surface area (Å²) in [4.78, 5) is 13.7. The average Bonchev–Trinajstić information content (AvgIpc) is 2.76. The van der Waals surface area contributed by atoms with E-state index in [0.29, 0.717) is 28.0 Å². The van der Waals surface area contributed by atoms with Crippen LogP contribution in [0.1, 0.15) is 30.8 Å². The lowest BCUT2D eigenvalue weighted by atomic mass is 10.0. The molecule has 4 rings (SSSR count). The molecule has 2 heterocycles. The van der Waals surface area contributed by atoms with Crippen molar-refractivity contribution < 1.29 is 17.9 Å². The number of benzene rings is 2. The number of rotatable bonds is 5. The molecule has 2 aromatic heterocycles. The van der Waals surface area contributed by atoms with Gasteiger partial charge in [0.15, 0.2) is 5.82 Å². The van der Waals surface area contributed by atoms with Gasteiger partial charge in [0.05, 0.1) is 28.6 Å². The second kappa shape index (κ2) is 8.67. The van der Waals surface area contributed by atoms with E-state index in [9.17, 15) is 13.2 Å². The van der Waals surface area contributed by atoms with Crippen molar-refractivity contribution in [2.75, 3.05) is 0 Å². The Balaban J connectivity index is 1.90. The molecule has 164 valence electrons. The highest BCUT2D eigenvalue weighted by atomic mass is 19.4. The first kappa shape index (κ1) is 21.9. The Hall–Kier alpha value is -3.32. The SMILES string of the molecule is Cc1cccnc1-c1ccc2c(-c3cccc(C(F)(F)F)c3)nc(COC(C)C)nc2c1. The fourth-order valence-electron chi connectivity index (χ4n) is 3.48. The van der Waals surface area contributed by atoms with E-state index < -0.39 is 11.7 Å². The number of alkyl halides is 3. The van der Waals surface area contributed by atoms with Crippen molar-refractivity contribution in [2.24, 2.45) is 0 Å². The average molecular weight is 437 g/mol. The van der Waals surface area contributed by atoms with E-state index >= 15 is 0 Å². The van der Waals surface area contributed by atoms with E-state index in [1.54, 1.807) is 12.3 Å². The molecule has 32 heavy (non-hydrogen) atoms. The van der Waals surface area contributed by atoms with Crippen LogP contribution >= 0.6 is 0 Å². The van der Waals surface area contributed by atoms with Gasteiger partial charge in [-0.25, -0.2) is 9.97 Å². The number of hydrogen-bond acceptors (Lipinski definition) is 4. The molecule has 0 aliphatic heterocycles. The fourth-order valence-corrected chi connectivity index (χ4v) is 3.48. The Morgan fingerprint density at radius 3 is 2.41 bits per heavy atom. The number of ether oxygens (including phenoxy) is 1. The maximum Gasteiger partial charge on any atom is 0.416 e. The molecule has 0 aliphatic rings. The Morgan fingerprint density at radius 1 is 0.906 bits per heavy atom. The minimum atomic E-state index is -4.44. The molecule has 0 bridgehead atoms. The van der Waals surface area contributed by atoms with E-state index in [2.05, 4.69) is 15.0 Å². The van der Waals surface area contributed by atoms with Crippen molar-refractivity contribution in [3.8, 4) is 22.5 Å². The van der Waals surface area contributed by atoms with Gasteiger partial charge in [-0.15, -0.1) is 0 Å². The normalized spacial score (nSPS) is 12.0. The zero-order valence-electron chi connectivity index (χ0n) is 17.9. The molecule has 0 atom stereocenters.